The molecule has 0 aromatic carbocycles. The van der Waals surface area contributed by atoms with Gasteiger partial charge in [-0.15, -0.1) is 0 Å². The van der Waals surface area contributed by atoms with Crippen molar-refractivity contribution in [3.05, 3.63) is 23.0 Å². The van der Waals surface area contributed by atoms with Crippen molar-refractivity contribution in [3.8, 4) is 0 Å². The Kier molecular flexibility index (Phi) is 3.83. The maximum Gasteiger partial charge on any atom is 0.338 e. The molecule has 2 aromatic rings. The monoisotopic (exact) mass is 261 g/mol. The molecule has 0 unspecified atom stereocenters. The molecule has 5 nitrogen and oxygen atoms in total. The molecule has 2 aromatic heterocycles. The van der Waals surface area contributed by atoms with Gasteiger partial charge < -0.3 is 4.74 Å². The van der Waals surface area contributed by atoms with Gasteiger partial charge in [-0.1, -0.05) is 13.3 Å². The van der Waals surface area contributed by atoms with E-state index < -0.39 is 0 Å². The Morgan fingerprint density at radius 3 is 2.79 bits per heavy atom. The molecule has 0 radical (unpaired) electrons. The molecule has 0 fully saturated rings. The minimum atomic E-state index is -0.339. The zero-order valence-corrected chi connectivity index (χ0v) is 11.9. The largest absolute Gasteiger partial charge is 0.465 e. The number of hydrogen-bond donors (Lipinski definition) is 0. The highest BCUT2D eigenvalue weighted by atomic mass is 16.5. The van der Waals surface area contributed by atoms with Crippen LogP contribution < -0.4 is 0 Å². The van der Waals surface area contributed by atoms with E-state index in [9.17, 15) is 4.79 Å². The van der Waals surface area contributed by atoms with Crippen molar-refractivity contribution >= 4 is 17.0 Å². The molecule has 0 atom stereocenters. The van der Waals surface area contributed by atoms with E-state index in [0.717, 1.165) is 41.8 Å². The first-order valence-corrected chi connectivity index (χ1v) is 6.51. The van der Waals surface area contributed by atoms with Crippen LogP contribution in [0.2, 0.25) is 0 Å². The van der Waals surface area contributed by atoms with Gasteiger partial charge in [-0.3, -0.25) is 0 Å². The van der Waals surface area contributed by atoms with Crippen LogP contribution in [0.4, 0.5) is 0 Å². The fraction of sp³-hybridized carbons (Fsp3) is 0.500. The summed E-state index contributed by atoms with van der Waals surface area (Å²) in [6.45, 7) is 6.72. The average Bonchev–Trinajstić information content (AvgIpc) is 2.71. The molecule has 102 valence electrons. The Bertz CT molecular complexity index is 617. The number of hydrogen-bond acceptors (Lipinski definition) is 4. The molecule has 5 heteroatoms. The molecule has 0 spiro atoms. The van der Waals surface area contributed by atoms with Gasteiger partial charge in [-0.25, -0.2) is 14.5 Å². The van der Waals surface area contributed by atoms with Crippen molar-refractivity contribution in [1.29, 1.82) is 0 Å². The number of unbranched alkanes of at least 4 members (excludes halogenated alkanes) is 1. The number of pyridine rings is 1. The zero-order chi connectivity index (χ0) is 14.0. The van der Waals surface area contributed by atoms with E-state index in [1.807, 2.05) is 18.5 Å². The molecular formula is C14H19N3O2. The standard InChI is InChI=1S/C14H19N3O2/c1-5-6-7-17-13-12(10(3)16-17)11(14(18)19-4)8-9(2)15-13/h8H,5-7H2,1-4H3. The molecule has 0 bridgehead atoms. The molecule has 0 N–H and O–H groups in total. The third-order valence-corrected chi connectivity index (χ3v) is 3.13. The van der Waals surface area contributed by atoms with Crippen molar-refractivity contribution in [2.24, 2.45) is 0 Å². The summed E-state index contributed by atoms with van der Waals surface area (Å²) in [5.41, 5.74) is 2.93. The molecule has 19 heavy (non-hydrogen) atoms. The van der Waals surface area contributed by atoms with Crippen LogP contribution in [-0.2, 0) is 11.3 Å². The molecule has 0 saturated heterocycles. The van der Waals surface area contributed by atoms with Gasteiger partial charge in [-0.05, 0) is 26.3 Å². The Labute approximate surface area is 112 Å². The molecule has 2 rings (SSSR count). The minimum Gasteiger partial charge on any atom is -0.465 e. The maximum atomic E-state index is 11.9. The van der Waals surface area contributed by atoms with Gasteiger partial charge in [-0.2, -0.15) is 5.10 Å². The highest BCUT2D eigenvalue weighted by Gasteiger charge is 2.18. The van der Waals surface area contributed by atoms with Crippen LogP contribution in [-0.4, -0.2) is 27.8 Å². The Morgan fingerprint density at radius 2 is 2.16 bits per heavy atom. The van der Waals surface area contributed by atoms with Gasteiger partial charge >= 0.3 is 5.97 Å². The maximum absolute atomic E-state index is 11.9. The molecule has 0 amide bonds. The number of nitrogens with zero attached hydrogens (tertiary/aromatic N) is 3. The number of carbonyl (C=O) groups excluding carboxylic acids is 1. The second-order valence-corrected chi connectivity index (χ2v) is 4.66. The van der Waals surface area contributed by atoms with E-state index in [1.54, 1.807) is 6.07 Å². The minimum absolute atomic E-state index is 0.339. The predicted molar refractivity (Wildman–Crippen MR) is 73.2 cm³/mol. The first-order chi connectivity index (χ1) is 9.08. The summed E-state index contributed by atoms with van der Waals surface area (Å²) in [6.07, 6.45) is 2.13. The van der Waals surface area contributed by atoms with E-state index in [2.05, 4.69) is 17.0 Å². The quantitative estimate of drug-likeness (QED) is 0.794. The number of esters is 1. The Hall–Kier alpha value is -1.91. The number of methoxy groups -OCH3 is 1. The van der Waals surface area contributed by atoms with Crippen LogP contribution in [0.25, 0.3) is 11.0 Å². The van der Waals surface area contributed by atoms with E-state index in [-0.39, 0.29) is 5.97 Å². The van der Waals surface area contributed by atoms with E-state index in [4.69, 9.17) is 4.74 Å². The molecular weight excluding hydrogens is 242 g/mol. The van der Waals surface area contributed by atoms with Gasteiger partial charge in [0.05, 0.1) is 23.8 Å². The number of ether oxygens (including phenoxy) is 1. The predicted octanol–water partition coefficient (Wildman–Crippen LogP) is 2.63. The van der Waals surface area contributed by atoms with Gasteiger partial charge in [0.2, 0.25) is 0 Å². The first kappa shape index (κ1) is 13.5. The summed E-state index contributed by atoms with van der Waals surface area (Å²) in [4.78, 5) is 16.4. The van der Waals surface area contributed by atoms with Crippen molar-refractivity contribution < 1.29 is 9.53 Å². The van der Waals surface area contributed by atoms with Gasteiger partial charge in [0.15, 0.2) is 5.65 Å². The van der Waals surface area contributed by atoms with Gasteiger partial charge in [0.25, 0.3) is 0 Å². The summed E-state index contributed by atoms with van der Waals surface area (Å²) in [5.74, 6) is -0.339. The summed E-state index contributed by atoms with van der Waals surface area (Å²) in [5, 5.41) is 5.29. The molecule has 0 aliphatic carbocycles. The average molecular weight is 261 g/mol. The topological polar surface area (TPSA) is 57.0 Å². The highest BCUT2D eigenvalue weighted by molar-refractivity contribution is 6.03. The second kappa shape index (κ2) is 5.38. The smallest absolute Gasteiger partial charge is 0.338 e. The fourth-order valence-electron chi connectivity index (χ4n) is 2.21. The lowest BCUT2D eigenvalue weighted by atomic mass is 10.1. The van der Waals surface area contributed by atoms with Crippen LogP contribution in [0, 0.1) is 13.8 Å². The lowest BCUT2D eigenvalue weighted by Gasteiger charge is -2.05. The van der Waals surface area contributed by atoms with Gasteiger partial charge in [0.1, 0.15) is 0 Å². The number of aryl methyl sites for hydroxylation is 3. The van der Waals surface area contributed by atoms with Crippen molar-refractivity contribution in [1.82, 2.24) is 14.8 Å². The van der Waals surface area contributed by atoms with Crippen LogP contribution in [0.3, 0.4) is 0 Å². The molecule has 2 heterocycles. The highest BCUT2D eigenvalue weighted by Crippen LogP contribution is 2.23. The lowest BCUT2D eigenvalue weighted by Crippen LogP contribution is -2.05. The SMILES string of the molecule is CCCCn1nc(C)c2c(C(=O)OC)cc(C)nc21. The van der Waals surface area contributed by atoms with Crippen LogP contribution in [0.15, 0.2) is 6.07 Å². The third-order valence-electron chi connectivity index (χ3n) is 3.13. The normalized spacial score (nSPS) is 10.9. The number of aromatic nitrogens is 3. The Balaban J connectivity index is 2.65. The van der Waals surface area contributed by atoms with Crippen molar-refractivity contribution in [2.45, 2.75) is 40.2 Å². The van der Waals surface area contributed by atoms with Gasteiger partial charge in [0, 0.05) is 12.2 Å². The fourth-order valence-corrected chi connectivity index (χ4v) is 2.21. The van der Waals surface area contributed by atoms with E-state index in [1.165, 1.54) is 7.11 Å². The summed E-state index contributed by atoms with van der Waals surface area (Å²) < 4.78 is 6.72. The number of fused-ring (bicyclic) bond motifs is 1. The summed E-state index contributed by atoms with van der Waals surface area (Å²) in [7, 11) is 1.39. The lowest BCUT2D eigenvalue weighted by molar-refractivity contribution is 0.0602. The second-order valence-electron chi connectivity index (χ2n) is 4.66. The summed E-state index contributed by atoms with van der Waals surface area (Å²) in [6, 6.07) is 1.76. The third kappa shape index (κ3) is 2.45. The van der Waals surface area contributed by atoms with E-state index in [0.29, 0.717) is 5.56 Å². The molecule has 0 aliphatic rings. The summed E-state index contributed by atoms with van der Waals surface area (Å²) >= 11 is 0. The van der Waals surface area contributed by atoms with Crippen molar-refractivity contribution in [3.63, 3.8) is 0 Å². The number of carbonyl (C=O) groups is 1. The Morgan fingerprint density at radius 1 is 1.42 bits per heavy atom. The molecule has 0 aliphatic heterocycles. The van der Waals surface area contributed by atoms with Crippen LogP contribution in [0.1, 0.15) is 41.5 Å². The van der Waals surface area contributed by atoms with E-state index >= 15 is 0 Å². The zero-order valence-electron chi connectivity index (χ0n) is 11.9. The molecule has 0 saturated carbocycles. The number of rotatable bonds is 4. The van der Waals surface area contributed by atoms with Crippen LogP contribution >= 0.6 is 0 Å². The van der Waals surface area contributed by atoms with Crippen molar-refractivity contribution in [2.75, 3.05) is 7.11 Å². The van der Waals surface area contributed by atoms with Crippen LogP contribution in [0.5, 0.6) is 0 Å². The first-order valence-electron chi connectivity index (χ1n) is 6.51.